The van der Waals surface area contributed by atoms with Crippen LogP contribution in [0.25, 0.3) is 22.6 Å². The highest BCUT2D eigenvalue weighted by molar-refractivity contribution is 7.98. The fourth-order valence-corrected chi connectivity index (χ4v) is 6.70. The molecule has 2 heterocycles. The van der Waals surface area contributed by atoms with Crippen LogP contribution in [-0.4, -0.2) is 78.2 Å². The van der Waals surface area contributed by atoms with Gasteiger partial charge in [-0.1, -0.05) is 63.2 Å². The highest BCUT2D eigenvalue weighted by atomic mass is 35.5. The summed E-state index contributed by atoms with van der Waals surface area (Å²) in [4.78, 5) is 60.1. The first-order chi connectivity index (χ1) is 29.2. The molecule has 2 unspecified atom stereocenters. The zero-order valence-electron chi connectivity index (χ0n) is 34.1. The van der Waals surface area contributed by atoms with E-state index in [0.29, 0.717) is 22.2 Å². The van der Waals surface area contributed by atoms with Gasteiger partial charge in [-0.2, -0.15) is 10.5 Å². The van der Waals surface area contributed by atoms with Gasteiger partial charge in [0.2, 0.25) is 17.7 Å². The molecule has 2 aromatic heterocycles. The topological polar surface area (TPSA) is 285 Å². The molecule has 0 radical (unpaired) electrons. The maximum absolute atomic E-state index is 13.4. The summed E-state index contributed by atoms with van der Waals surface area (Å²) in [6.45, 7) is 6.32. The number of aromatic nitrogens is 2. The second-order valence-corrected chi connectivity index (χ2v) is 15.7. The zero-order chi connectivity index (χ0) is 44.6. The number of nitrogens with two attached hydrogens (primary N) is 3. The van der Waals surface area contributed by atoms with Crippen LogP contribution in [0.2, 0.25) is 5.02 Å². The lowest BCUT2D eigenvalue weighted by Gasteiger charge is -2.26. The molecule has 3 atom stereocenters. The number of amides is 2. The lowest BCUT2D eigenvalue weighted by Crippen LogP contribution is -2.48. The van der Waals surface area contributed by atoms with Gasteiger partial charge in [0.25, 0.3) is 0 Å². The third kappa shape index (κ3) is 13.4. The summed E-state index contributed by atoms with van der Waals surface area (Å²) < 4.78 is 22.9. The third-order valence-electron chi connectivity index (χ3n) is 8.91. The van der Waals surface area contributed by atoms with Crippen LogP contribution in [-0.2, 0) is 34.4 Å². The first-order valence-electron chi connectivity index (χ1n) is 19.2. The Balaban J connectivity index is 1.54. The van der Waals surface area contributed by atoms with Crippen molar-refractivity contribution in [2.24, 2.45) is 23.3 Å². The number of thioether (sulfide) groups is 1. The number of hydrogen-bond donors (Lipinski definition) is 5. The van der Waals surface area contributed by atoms with Gasteiger partial charge in [-0.25, -0.2) is 19.6 Å². The van der Waals surface area contributed by atoms with Crippen LogP contribution in [0.3, 0.4) is 0 Å². The molecule has 61 heavy (non-hydrogen) atoms. The van der Waals surface area contributed by atoms with E-state index in [4.69, 9.17) is 47.4 Å². The fourth-order valence-electron chi connectivity index (χ4n) is 5.71. The molecule has 0 aliphatic rings. The van der Waals surface area contributed by atoms with Crippen LogP contribution in [0.4, 0.5) is 5.82 Å². The minimum atomic E-state index is -1.17. The number of carbonyl (C=O) groups excluding carboxylic acids is 4. The summed E-state index contributed by atoms with van der Waals surface area (Å²) in [5.74, 6) is -2.25. The van der Waals surface area contributed by atoms with Crippen LogP contribution in [0.5, 0.6) is 5.75 Å². The molecular weight excluding hydrogens is 826 g/mol. The lowest BCUT2D eigenvalue weighted by atomic mass is 9.97. The van der Waals surface area contributed by atoms with Crippen LogP contribution < -0.4 is 32.6 Å². The van der Waals surface area contributed by atoms with Crippen molar-refractivity contribution in [3.8, 4) is 40.5 Å². The molecule has 0 spiro atoms. The van der Waals surface area contributed by atoms with Gasteiger partial charge in [0, 0.05) is 47.8 Å². The maximum Gasteiger partial charge on any atom is 0.329 e. The number of nitrogen functional groups attached to an aromatic ring is 1. The Morgan fingerprint density at radius 2 is 1.39 bits per heavy atom. The smallest absolute Gasteiger partial charge is 0.329 e. The van der Waals surface area contributed by atoms with E-state index in [0.717, 1.165) is 5.56 Å². The third-order valence-corrected chi connectivity index (χ3v) is 10.2. The van der Waals surface area contributed by atoms with Gasteiger partial charge < -0.3 is 46.5 Å². The van der Waals surface area contributed by atoms with Crippen LogP contribution >= 0.6 is 23.4 Å². The molecule has 0 saturated heterocycles. The van der Waals surface area contributed by atoms with Crippen LogP contribution in [0.1, 0.15) is 57.4 Å². The fraction of sp³-hybridized carbons (Fsp3) is 0.381. The first kappa shape index (κ1) is 47.5. The SMILES string of the molecule is CC(C)C(NC(=O)CCN)C(=O)OC[C@H](COc1ccc(-c2c(C#N)c(N)nc(SCc3coc(-c4ccc(Cl)cc4)n3)c2C#N)cc1)OC(=O)C(NC(=O)CCN)C(C)C. The molecule has 0 aliphatic heterocycles. The van der Waals surface area contributed by atoms with E-state index in [-0.39, 0.29) is 83.4 Å². The molecule has 2 amide bonds. The molecule has 0 saturated carbocycles. The molecule has 322 valence electrons. The molecule has 4 aromatic rings. The van der Waals surface area contributed by atoms with E-state index >= 15 is 0 Å². The number of nitrogens with zero attached hydrogens (tertiary/aromatic N) is 4. The molecule has 0 bridgehead atoms. The summed E-state index contributed by atoms with van der Waals surface area (Å²) in [5, 5.41) is 26.5. The van der Waals surface area contributed by atoms with Gasteiger partial charge in [0.05, 0.1) is 11.3 Å². The number of esters is 2. The molecule has 2 aromatic carbocycles. The van der Waals surface area contributed by atoms with E-state index in [2.05, 4.69) is 32.7 Å². The van der Waals surface area contributed by atoms with Gasteiger partial charge in [0.1, 0.15) is 65.9 Å². The Morgan fingerprint density at radius 1 is 0.820 bits per heavy atom. The van der Waals surface area contributed by atoms with Crippen LogP contribution in [0.15, 0.2) is 64.2 Å². The number of ether oxygens (including phenoxy) is 3. The number of oxazole rings is 1. The Morgan fingerprint density at radius 3 is 1.95 bits per heavy atom. The highest BCUT2D eigenvalue weighted by Crippen LogP contribution is 2.37. The number of pyridine rings is 1. The average molecular weight is 874 g/mol. The van der Waals surface area contributed by atoms with E-state index in [1.165, 1.54) is 18.0 Å². The predicted molar refractivity (Wildman–Crippen MR) is 227 cm³/mol. The number of anilines is 1. The van der Waals surface area contributed by atoms with Gasteiger partial charge in [-0.05, 0) is 53.8 Å². The van der Waals surface area contributed by atoms with Gasteiger partial charge in [-0.3, -0.25) is 9.59 Å². The summed E-state index contributed by atoms with van der Waals surface area (Å²) >= 11 is 7.20. The van der Waals surface area contributed by atoms with E-state index < -0.39 is 48.5 Å². The number of carbonyl (C=O) groups is 4. The van der Waals surface area contributed by atoms with E-state index in [9.17, 15) is 29.7 Å². The quantitative estimate of drug-likeness (QED) is 0.0569. The minimum Gasteiger partial charge on any atom is -0.490 e. The monoisotopic (exact) mass is 873 g/mol. The summed E-state index contributed by atoms with van der Waals surface area (Å²) in [7, 11) is 0. The molecule has 17 nitrogen and oxygen atoms in total. The Bertz CT molecular complexity index is 2240. The van der Waals surface area contributed by atoms with Crippen molar-refractivity contribution in [1.29, 1.82) is 10.5 Å². The van der Waals surface area contributed by atoms with Crippen molar-refractivity contribution >= 4 is 52.9 Å². The van der Waals surface area contributed by atoms with E-state index in [1.54, 1.807) is 76.2 Å². The van der Waals surface area contributed by atoms with Crippen LogP contribution in [0, 0.1) is 34.5 Å². The molecule has 4 rings (SSSR count). The number of hydrogen-bond acceptors (Lipinski definition) is 16. The van der Waals surface area contributed by atoms with Crippen molar-refractivity contribution in [3.05, 3.63) is 76.6 Å². The van der Waals surface area contributed by atoms with Crippen molar-refractivity contribution < 1.29 is 37.8 Å². The van der Waals surface area contributed by atoms with Crippen molar-refractivity contribution in [1.82, 2.24) is 20.6 Å². The molecule has 8 N–H and O–H groups in total. The molecule has 0 fully saturated rings. The maximum atomic E-state index is 13.4. The average Bonchev–Trinajstić information content (AvgIpc) is 3.71. The Labute approximate surface area is 362 Å². The second kappa shape index (κ2) is 23.0. The second-order valence-electron chi connectivity index (χ2n) is 14.3. The summed E-state index contributed by atoms with van der Waals surface area (Å²) in [5.41, 5.74) is 19.4. The molecule has 19 heteroatoms. The highest BCUT2D eigenvalue weighted by Gasteiger charge is 2.31. The largest absolute Gasteiger partial charge is 0.490 e. The van der Waals surface area contributed by atoms with Crippen molar-refractivity contribution in [2.75, 3.05) is 32.0 Å². The minimum absolute atomic E-state index is 0.00352. The molecular formula is C42H48ClN9O8S. The van der Waals surface area contributed by atoms with Crippen molar-refractivity contribution in [3.63, 3.8) is 0 Å². The number of nitrogens with one attached hydrogen (secondary N) is 2. The van der Waals surface area contributed by atoms with Gasteiger partial charge >= 0.3 is 11.9 Å². The number of rotatable bonds is 21. The Kier molecular flexibility index (Phi) is 17.9. The van der Waals surface area contributed by atoms with Crippen molar-refractivity contribution in [2.45, 2.75) is 69.5 Å². The van der Waals surface area contributed by atoms with E-state index in [1.807, 2.05) is 0 Å². The Hall–Kier alpha value is -6.18. The number of benzene rings is 2. The predicted octanol–water partition coefficient (Wildman–Crippen LogP) is 4.49. The summed E-state index contributed by atoms with van der Waals surface area (Å²) in [6, 6.07) is 15.6. The normalized spacial score (nSPS) is 12.4. The zero-order valence-corrected chi connectivity index (χ0v) is 35.7. The summed E-state index contributed by atoms with van der Waals surface area (Å²) in [6.07, 6.45) is 0.341. The van der Waals surface area contributed by atoms with Gasteiger partial charge in [-0.15, -0.1) is 0 Å². The lowest BCUT2D eigenvalue weighted by molar-refractivity contribution is -0.165. The standard InChI is InChI=1S/C42H48ClN9O8S/c1-23(2)36(50-33(53)13-15-44)41(55)59-21-30(60-42(56)37(24(3)4)51-34(54)14-16-45)20-57-29-11-7-25(8-12-29)35-31(17-46)38(48)52-40(32(35)18-47)61-22-28-19-58-39(49-28)26-5-9-27(43)10-6-26/h5-12,19,23-24,30,36-37H,13-16,20-22,44-45H2,1-4H3,(H2,48,52)(H,50,53)(H,51,54)/t30-,36?,37?/m0/s1. The molecule has 0 aliphatic carbocycles. The number of halogens is 1. The van der Waals surface area contributed by atoms with Gasteiger partial charge in [0.15, 0.2) is 6.10 Å². The first-order valence-corrected chi connectivity index (χ1v) is 20.6. The number of nitriles is 2.